The van der Waals surface area contributed by atoms with Crippen LogP contribution in [-0.2, 0) is 17.4 Å². The molecule has 1 aromatic rings. The normalized spacial score (nSPS) is 15.4. The van der Waals surface area contributed by atoms with Gasteiger partial charge >= 0.3 is 6.03 Å². The minimum Gasteiger partial charge on any atom is -0.287 e. The molecule has 0 bridgehead atoms. The standard InChI is InChI=1S/C11H14N4O3S/c1-8-7-15(11(16)14-13-8)10-5-3-2-4-9(10)6-12-19(17)18/h2-5,19H,6-7H2,1H3,(H,14,16)(H,12,17,18). The van der Waals surface area contributed by atoms with Gasteiger partial charge in [-0.3, -0.25) is 4.90 Å². The number of hydrogen-bond acceptors (Lipinski definition) is 4. The summed E-state index contributed by atoms with van der Waals surface area (Å²) in [6, 6.07) is 6.80. The van der Waals surface area contributed by atoms with Crippen molar-refractivity contribution in [2.24, 2.45) is 5.10 Å². The Morgan fingerprint density at radius 3 is 2.89 bits per heavy atom. The third-order valence-corrected chi connectivity index (χ3v) is 3.07. The molecule has 0 spiro atoms. The lowest BCUT2D eigenvalue weighted by Gasteiger charge is -2.27. The molecule has 0 aromatic heterocycles. The van der Waals surface area contributed by atoms with Gasteiger partial charge in [-0.2, -0.15) is 5.10 Å². The molecule has 2 amide bonds. The average Bonchev–Trinajstić information content (AvgIpc) is 2.39. The summed E-state index contributed by atoms with van der Waals surface area (Å²) in [7, 11) is -2.67. The molecule has 1 heterocycles. The zero-order valence-corrected chi connectivity index (χ0v) is 11.2. The van der Waals surface area contributed by atoms with Crippen LogP contribution in [0.4, 0.5) is 10.5 Å². The summed E-state index contributed by atoms with van der Waals surface area (Å²) in [4.78, 5) is 13.3. The summed E-state index contributed by atoms with van der Waals surface area (Å²) in [6.45, 7) is 2.34. The van der Waals surface area contributed by atoms with E-state index in [4.69, 9.17) is 0 Å². The van der Waals surface area contributed by atoms with Crippen LogP contribution in [0.25, 0.3) is 0 Å². The van der Waals surface area contributed by atoms with Gasteiger partial charge in [-0.15, -0.1) is 0 Å². The first-order valence-electron chi connectivity index (χ1n) is 5.64. The minimum atomic E-state index is -2.67. The van der Waals surface area contributed by atoms with E-state index in [1.807, 2.05) is 6.92 Å². The van der Waals surface area contributed by atoms with Crippen molar-refractivity contribution < 1.29 is 13.2 Å². The Labute approximate surface area is 112 Å². The Morgan fingerprint density at radius 2 is 2.16 bits per heavy atom. The Kier molecular flexibility index (Phi) is 4.13. The molecule has 1 aliphatic rings. The van der Waals surface area contributed by atoms with E-state index in [1.165, 1.54) is 4.90 Å². The topological polar surface area (TPSA) is 90.9 Å². The van der Waals surface area contributed by atoms with E-state index in [9.17, 15) is 13.2 Å². The van der Waals surface area contributed by atoms with Crippen LogP contribution < -0.4 is 15.0 Å². The van der Waals surface area contributed by atoms with Gasteiger partial charge in [0.25, 0.3) is 0 Å². The fourth-order valence-electron chi connectivity index (χ4n) is 1.81. The lowest BCUT2D eigenvalue weighted by molar-refractivity contribution is 0.246. The molecular weight excluding hydrogens is 268 g/mol. The number of thiol groups is 1. The van der Waals surface area contributed by atoms with E-state index in [0.29, 0.717) is 12.2 Å². The molecule has 0 atom stereocenters. The molecule has 19 heavy (non-hydrogen) atoms. The summed E-state index contributed by atoms with van der Waals surface area (Å²) in [6.07, 6.45) is 0. The molecule has 0 unspecified atom stereocenters. The van der Waals surface area contributed by atoms with Crippen LogP contribution in [0.3, 0.4) is 0 Å². The minimum absolute atomic E-state index is 0.148. The summed E-state index contributed by atoms with van der Waals surface area (Å²) in [5, 5.41) is 3.85. The van der Waals surface area contributed by atoms with Gasteiger partial charge in [0.1, 0.15) is 0 Å². The second-order valence-electron chi connectivity index (χ2n) is 4.07. The second kappa shape index (κ2) is 5.81. The van der Waals surface area contributed by atoms with Crippen molar-refractivity contribution in [1.82, 2.24) is 10.1 Å². The SMILES string of the molecule is CC1=NNC(=O)N(c2ccccc2CN[SH](=O)=O)C1. The number of anilines is 1. The predicted molar refractivity (Wildman–Crippen MR) is 72.6 cm³/mol. The lowest BCUT2D eigenvalue weighted by atomic mass is 10.1. The molecule has 2 rings (SSSR count). The van der Waals surface area contributed by atoms with Crippen LogP contribution in [0.2, 0.25) is 0 Å². The smallest absolute Gasteiger partial charge is 0.287 e. The van der Waals surface area contributed by atoms with Crippen LogP contribution in [0.5, 0.6) is 0 Å². The van der Waals surface area contributed by atoms with Crippen LogP contribution in [0.15, 0.2) is 29.4 Å². The zero-order valence-electron chi connectivity index (χ0n) is 10.3. The highest BCUT2D eigenvalue weighted by atomic mass is 32.2. The van der Waals surface area contributed by atoms with Crippen LogP contribution in [0.1, 0.15) is 12.5 Å². The van der Waals surface area contributed by atoms with Gasteiger partial charge in [-0.1, -0.05) is 18.2 Å². The van der Waals surface area contributed by atoms with Crippen molar-refractivity contribution in [3.8, 4) is 0 Å². The number of hydrazone groups is 1. The van der Waals surface area contributed by atoms with Gasteiger partial charge in [0, 0.05) is 6.54 Å². The number of rotatable bonds is 4. The van der Waals surface area contributed by atoms with Crippen molar-refractivity contribution >= 4 is 28.3 Å². The number of carbonyl (C=O) groups excluding carboxylic acids is 1. The summed E-state index contributed by atoms with van der Waals surface area (Å²) >= 11 is 0. The highest BCUT2D eigenvalue weighted by Gasteiger charge is 2.22. The van der Waals surface area contributed by atoms with E-state index in [2.05, 4.69) is 15.2 Å². The lowest BCUT2D eigenvalue weighted by Crippen LogP contribution is -2.45. The molecule has 0 fully saturated rings. The highest BCUT2D eigenvalue weighted by Crippen LogP contribution is 2.21. The summed E-state index contributed by atoms with van der Waals surface area (Å²) < 4.78 is 23.5. The van der Waals surface area contributed by atoms with Gasteiger partial charge in [-0.05, 0) is 18.6 Å². The molecule has 8 heteroatoms. The third kappa shape index (κ3) is 3.30. The fourth-order valence-corrected chi connectivity index (χ4v) is 2.11. The first-order valence-corrected chi connectivity index (χ1v) is 6.82. The molecule has 1 aromatic carbocycles. The molecular formula is C11H14N4O3S. The van der Waals surface area contributed by atoms with Crippen LogP contribution in [-0.4, -0.2) is 26.7 Å². The maximum absolute atomic E-state index is 11.8. The molecule has 0 saturated heterocycles. The zero-order chi connectivity index (χ0) is 13.8. The largest absolute Gasteiger partial charge is 0.342 e. The van der Waals surface area contributed by atoms with Crippen molar-refractivity contribution in [3.63, 3.8) is 0 Å². The van der Waals surface area contributed by atoms with E-state index < -0.39 is 10.9 Å². The van der Waals surface area contributed by atoms with E-state index in [0.717, 1.165) is 11.3 Å². The van der Waals surface area contributed by atoms with Crippen molar-refractivity contribution in [2.45, 2.75) is 13.5 Å². The molecule has 102 valence electrons. The second-order valence-corrected chi connectivity index (χ2v) is 4.90. The van der Waals surface area contributed by atoms with Crippen molar-refractivity contribution in [2.75, 3.05) is 11.4 Å². The number of carbonyl (C=O) groups is 1. The van der Waals surface area contributed by atoms with Gasteiger partial charge in [0.2, 0.25) is 10.9 Å². The Bertz CT molecular complexity index is 589. The number of para-hydroxylation sites is 1. The first-order chi connectivity index (χ1) is 9.08. The molecule has 1 aliphatic heterocycles. The summed E-state index contributed by atoms with van der Waals surface area (Å²) in [5.74, 6) is 0. The van der Waals surface area contributed by atoms with E-state index in [1.54, 1.807) is 24.3 Å². The molecule has 7 nitrogen and oxygen atoms in total. The molecule has 0 saturated carbocycles. The predicted octanol–water partition coefficient (Wildman–Crippen LogP) is 0.208. The number of nitrogens with one attached hydrogen (secondary N) is 2. The maximum Gasteiger partial charge on any atom is 0.342 e. The van der Waals surface area contributed by atoms with Gasteiger partial charge in [0.05, 0.1) is 17.9 Å². The highest BCUT2D eigenvalue weighted by molar-refractivity contribution is 7.70. The maximum atomic E-state index is 11.8. The van der Waals surface area contributed by atoms with Gasteiger partial charge < -0.3 is 0 Å². The molecule has 0 aliphatic carbocycles. The number of urea groups is 1. The molecule has 2 N–H and O–H groups in total. The van der Waals surface area contributed by atoms with E-state index in [-0.39, 0.29) is 12.6 Å². The third-order valence-electron chi connectivity index (χ3n) is 2.66. The number of amides is 2. The van der Waals surface area contributed by atoms with Gasteiger partial charge in [-0.25, -0.2) is 23.4 Å². The average molecular weight is 282 g/mol. The van der Waals surface area contributed by atoms with Crippen LogP contribution in [0, 0.1) is 0 Å². The Balaban J connectivity index is 2.28. The number of nitrogens with zero attached hydrogens (tertiary/aromatic N) is 2. The Morgan fingerprint density at radius 1 is 1.42 bits per heavy atom. The quantitative estimate of drug-likeness (QED) is 0.689. The fraction of sp³-hybridized carbons (Fsp3) is 0.273. The summed E-state index contributed by atoms with van der Waals surface area (Å²) in [5.41, 5.74) is 4.58. The van der Waals surface area contributed by atoms with Crippen LogP contribution >= 0.6 is 0 Å². The first kappa shape index (κ1) is 13.5. The number of benzene rings is 1. The van der Waals surface area contributed by atoms with Crippen molar-refractivity contribution in [1.29, 1.82) is 0 Å². The number of hydrogen-bond donors (Lipinski definition) is 3. The van der Waals surface area contributed by atoms with Gasteiger partial charge in [0.15, 0.2) is 0 Å². The molecule has 0 radical (unpaired) electrons. The Hall–Kier alpha value is -1.93. The van der Waals surface area contributed by atoms with E-state index >= 15 is 0 Å². The monoisotopic (exact) mass is 282 g/mol. The van der Waals surface area contributed by atoms with Crippen molar-refractivity contribution in [3.05, 3.63) is 29.8 Å².